The van der Waals surface area contributed by atoms with Crippen LogP contribution in [0.25, 0.3) is 0 Å². The van der Waals surface area contributed by atoms with Gasteiger partial charge in [0.25, 0.3) is 0 Å². The Morgan fingerprint density at radius 2 is 2.07 bits per heavy atom. The van der Waals surface area contributed by atoms with Crippen molar-refractivity contribution < 1.29 is 9.59 Å². The Labute approximate surface area is 165 Å². The van der Waals surface area contributed by atoms with Gasteiger partial charge in [0.05, 0.1) is 6.04 Å². The van der Waals surface area contributed by atoms with E-state index in [0.717, 1.165) is 19.3 Å². The second-order valence-electron chi connectivity index (χ2n) is 7.53. The van der Waals surface area contributed by atoms with Crippen LogP contribution in [0, 0.1) is 6.92 Å². The van der Waals surface area contributed by atoms with Crippen LogP contribution < -0.4 is 10.6 Å². The summed E-state index contributed by atoms with van der Waals surface area (Å²) < 4.78 is 0. The van der Waals surface area contributed by atoms with Crippen molar-refractivity contribution in [1.82, 2.24) is 10.6 Å². The highest BCUT2D eigenvalue weighted by molar-refractivity contribution is 7.10. The molecular weight excluding hydrogens is 356 g/mol. The van der Waals surface area contributed by atoms with E-state index in [0.29, 0.717) is 19.3 Å². The molecule has 2 atom stereocenters. The fourth-order valence-electron chi connectivity index (χ4n) is 3.76. The van der Waals surface area contributed by atoms with Crippen LogP contribution in [0.15, 0.2) is 41.8 Å². The predicted molar refractivity (Wildman–Crippen MR) is 110 cm³/mol. The van der Waals surface area contributed by atoms with Crippen molar-refractivity contribution in [2.24, 2.45) is 0 Å². The maximum Gasteiger partial charge on any atom is 0.220 e. The molecule has 2 aromatic rings. The van der Waals surface area contributed by atoms with Crippen LogP contribution in [0.5, 0.6) is 0 Å². The standard InChI is InChI=1S/C22H28N2O2S/c1-3-18(19-5-4-14-27-19)23-20(25)10-12-22(13-11-21(26)24-22)15-17-8-6-16(2)7-9-17/h4-9,14,18H,3,10-13,15H2,1-2H3,(H,23,25)(H,24,26)/t18-,22+/m0/s1. The van der Waals surface area contributed by atoms with Gasteiger partial charge in [-0.25, -0.2) is 0 Å². The molecule has 5 heteroatoms. The number of nitrogens with one attached hydrogen (secondary N) is 2. The van der Waals surface area contributed by atoms with E-state index in [1.807, 2.05) is 11.4 Å². The minimum Gasteiger partial charge on any atom is -0.350 e. The van der Waals surface area contributed by atoms with Crippen LogP contribution in [-0.4, -0.2) is 17.4 Å². The molecule has 1 aromatic heterocycles. The lowest BCUT2D eigenvalue weighted by Gasteiger charge is -2.29. The van der Waals surface area contributed by atoms with Crippen molar-refractivity contribution in [2.75, 3.05) is 0 Å². The minimum atomic E-state index is -0.311. The van der Waals surface area contributed by atoms with Gasteiger partial charge in [-0.15, -0.1) is 11.3 Å². The topological polar surface area (TPSA) is 58.2 Å². The zero-order valence-electron chi connectivity index (χ0n) is 16.1. The molecule has 2 heterocycles. The summed E-state index contributed by atoms with van der Waals surface area (Å²) in [4.78, 5) is 25.7. The number of amides is 2. The average Bonchev–Trinajstić information content (AvgIpc) is 3.31. The molecule has 1 fully saturated rings. The fourth-order valence-corrected chi connectivity index (χ4v) is 4.62. The Morgan fingerprint density at radius 3 is 2.67 bits per heavy atom. The largest absolute Gasteiger partial charge is 0.350 e. The van der Waals surface area contributed by atoms with Crippen LogP contribution in [0.2, 0.25) is 0 Å². The van der Waals surface area contributed by atoms with E-state index in [4.69, 9.17) is 0 Å². The maximum absolute atomic E-state index is 12.6. The number of hydrogen-bond acceptors (Lipinski definition) is 3. The van der Waals surface area contributed by atoms with E-state index >= 15 is 0 Å². The lowest BCUT2D eigenvalue weighted by Crippen LogP contribution is -2.44. The highest BCUT2D eigenvalue weighted by atomic mass is 32.1. The van der Waals surface area contributed by atoms with Gasteiger partial charge in [0.1, 0.15) is 0 Å². The van der Waals surface area contributed by atoms with Crippen LogP contribution in [0.3, 0.4) is 0 Å². The summed E-state index contributed by atoms with van der Waals surface area (Å²) in [5.74, 6) is 0.146. The molecule has 0 unspecified atom stereocenters. The number of aryl methyl sites for hydroxylation is 1. The lowest BCUT2D eigenvalue weighted by molar-refractivity contribution is -0.123. The summed E-state index contributed by atoms with van der Waals surface area (Å²) in [5, 5.41) is 8.35. The zero-order valence-corrected chi connectivity index (χ0v) is 16.9. The molecule has 1 saturated heterocycles. The van der Waals surface area contributed by atoms with Gasteiger partial charge in [-0.2, -0.15) is 0 Å². The van der Waals surface area contributed by atoms with Crippen molar-refractivity contribution in [1.29, 1.82) is 0 Å². The van der Waals surface area contributed by atoms with E-state index in [2.05, 4.69) is 54.8 Å². The molecule has 0 bridgehead atoms. The first kappa shape index (κ1) is 19.6. The predicted octanol–water partition coefficient (Wildman–Crippen LogP) is 4.30. The first-order valence-corrected chi connectivity index (χ1v) is 10.6. The molecule has 0 saturated carbocycles. The maximum atomic E-state index is 12.6. The molecule has 0 spiro atoms. The zero-order chi connectivity index (χ0) is 19.3. The second-order valence-corrected chi connectivity index (χ2v) is 8.51. The van der Waals surface area contributed by atoms with Crippen molar-refractivity contribution in [3.63, 3.8) is 0 Å². The summed E-state index contributed by atoms with van der Waals surface area (Å²) in [6.07, 6.45) is 4.06. The third kappa shape index (κ3) is 5.19. The molecule has 27 heavy (non-hydrogen) atoms. The van der Waals surface area contributed by atoms with Crippen molar-refractivity contribution in [3.8, 4) is 0 Å². The number of rotatable bonds is 8. The molecule has 3 rings (SSSR count). The van der Waals surface area contributed by atoms with Gasteiger partial charge in [-0.1, -0.05) is 42.8 Å². The van der Waals surface area contributed by atoms with Gasteiger partial charge in [-0.3, -0.25) is 9.59 Å². The van der Waals surface area contributed by atoms with Gasteiger partial charge in [-0.05, 0) is 49.6 Å². The number of hydrogen-bond donors (Lipinski definition) is 2. The van der Waals surface area contributed by atoms with Gasteiger partial charge >= 0.3 is 0 Å². The molecule has 1 aromatic carbocycles. The average molecular weight is 385 g/mol. The third-order valence-electron chi connectivity index (χ3n) is 5.36. The van der Waals surface area contributed by atoms with Crippen molar-refractivity contribution in [2.45, 2.75) is 64.0 Å². The van der Waals surface area contributed by atoms with Crippen LogP contribution in [0.1, 0.15) is 61.1 Å². The first-order chi connectivity index (χ1) is 13.0. The molecule has 2 N–H and O–H groups in total. The summed E-state index contributed by atoms with van der Waals surface area (Å²) >= 11 is 1.67. The Morgan fingerprint density at radius 1 is 1.30 bits per heavy atom. The van der Waals surface area contributed by atoms with Crippen LogP contribution >= 0.6 is 11.3 Å². The van der Waals surface area contributed by atoms with E-state index in [1.165, 1.54) is 16.0 Å². The quantitative estimate of drug-likeness (QED) is 0.713. The Bertz CT molecular complexity index is 770. The molecule has 4 nitrogen and oxygen atoms in total. The molecule has 1 aliphatic rings. The summed E-state index contributed by atoms with van der Waals surface area (Å²) in [5.41, 5.74) is 2.11. The number of carbonyl (C=O) groups excluding carboxylic acids is 2. The summed E-state index contributed by atoms with van der Waals surface area (Å²) in [7, 11) is 0. The third-order valence-corrected chi connectivity index (χ3v) is 6.35. The Hall–Kier alpha value is -2.14. The van der Waals surface area contributed by atoms with E-state index < -0.39 is 0 Å². The molecule has 1 aliphatic heterocycles. The van der Waals surface area contributed by atoms with E-state index in [9.17, 15) is 9.59 Å². The summed E-state index contributed by atoms with van der Waals surface area (Å²) in [6, 6.07) is 12.6. The van der Waals surface area contributed by atoms with Crippen LogP contribution in [0.4, 0.5) is 0 Å². The fraction of sp³-hybridized carbons (Fsp3) is 0.455. The summed E-state index contributed by atoms with van der Waals surface area (Å²) in [6.45, 7) is 4.15. The van der Waals surface area contributed by atoms with Gasteiger partial charge in [0.2, 0.25) is 11.8 Å². The Kier molecular flexibility index (Phi) is 6.32. The van der Waals surface area contributed by atoms with Crippen molar-refractivity contribution in [3.05, 3.63) is 57.8 Å². The van der Waals surface area contributed by atoms with Gasteiger partial charge in [0.15, 0.2) is 0 Å². The molecular formula is C22H28N2O2S. The normalized spacial score (nSPS) is 20.3. The SMILES string of the molecule is CC[C@H](NC(=O)CC[C@]1(Cc2ccc(C)cc2)CCC(=O)N1)c1cccs1. The second kappa shape index (κ2) is 8.70. The Balaban J connectivity index is 1.62. The first-order valence-electron chi connectivity index (χ1n) is 9.69. The molecule has 0 aliphatic carbocycles. The number of carbonyl (C=O) groups is 2. The monoisotopic (exact) mass is 384 g/mol. The van der Waals surface area contributed by atoms with E-state index in [1.54, 1.807) is 11.3 Å². The highest BCUT2D eigenvalue weighted by Crippen LogP contribution is 2.30. The molecule has 0 radical (unpaired) electrons. The lowest BCUT2D eigenvalue weighted by atomic mass is 9.84. The van der Waals surface area contributed by atoms with E-state index in [-0.39, 0.29) is 23.4 Å². The van der Waals surface area contributed by atoms with Gasteiger partial charge in [0, 0.05) is 23.3 Å². The molecule has 2 amide bonds. The minimum absolute atomic E-state index is 0.0553. The number of thiophene rings is 1. The molecule has 144 valence electrons. The number of benzene rings is 1. The van der Waals surface area contributed by atoms with Gasteiger partial charge < -0.3 is 10.6 Å². The highest BCUT2D eigenvalue weighted by Gasteiger charge is 2.37. The smallest absolute Gasteiger partial charge is 0.220 e. The van der Waals surface area contributed by atoms with Crippen molar-refractivity contribution >= 4 is 23.2 Å². The van der Waals surface area contributed by atoms with Crippen LogP contribution in [-0.2, 0) is 16.0 Å².